The predicted molar refractivity (Wildman–Crippen MR) is 60.2 cm³/mol. The van der Waals surface area contributed by atoms with E-state index in [1.165, 1.54) is 0 Å². The zero-order valence-electron chi connectivity index (χ0n) is 9.99. The molecule has 1 atom stereocenters. The van der Waals surface area contributed by atoms with E-state index in [1.807, 2.05) is 6.92 Å². The molecule has 0 bridgehead atoms. The normalized spacial score (nSPS) is 12.1. The summed E-state index contributed by atoms with van der Waals surface area (Å²) in [7, 11) is 1.63. The Labute approximate surface area is 96.2 Å². The van der Waals surface area contributed by atoms with Crippen LogP contribution in [0.15, 0.2) is 0 Å². The fraction of sp³-hybridized carbons (Fsp3) is 0.818. The van der Waals surface area contributed by atoms with Gasteiger partial charge in [0.15, 0.2) is 0 Å². The number of nitrogens with one attached hydrogen (secondary N) is 1. The molecule has 1 unspecified atom stereocenters. The fourth-order valence-corrected chi connectivity index (χ4v) is 1.28. The number of hydrogen-bond acceptors (Lipinski definition) is 3. The Hall–Kier alpha value is -1.10. The molecule has 0 spiro atoms. The second-order valence-electron chi connectivity index (χ2n) is 3.97. The molecule has 1 amide bonds. The average Bonchev–Trinajstić information content (AvgIpc) is 2.22. The summed E-state index contributed by atoms with van der Waals surface area (Å²) in [6, 6.07) is 0. The topological polar surface area (TPSA) is 75.6 Å². The van der Waals surface area contributed by atoms with Crippen LogP contribution in [0.25, 0.3) is 0 Å². The zero-order valence-corrected chi connectivity index (χ0v) is 9.99. The van der Waals surface area contributed by atoms with E-state index in [0.29, 0.717) is 38.3 Å². The van der Waals surface area contributed by atoms with Gasteiger partial charge < -0.3 is 15.2 Å². The van der Waals surface area contributed by atoms with Gasteiger partial charge in [-0.25, -0.2) is 0 Å². The largest absolute Gasteiger partial charge is 0.481 e. The molecule has 0 aromatic carbocycles. The number of rotatable bonds is 9. The van der Waals surface area contributed by atoms with Crippen molar-refractivity contribution in [2.75, 3.05) is 20.3 Å². The van der Waals surface area contributed by atoms with Gasteiger partial charge in [-0.05, 0) is 18.8 Å². The summed E-state index contributed by atoms with van der Waals surface area (Å²) in [5.74, 6) is -0.532. The van der Waals surface area contributed by atoms with Crippen LogP contribution in [0.1, 0.15) is 32.6 Å². The molecule has 0 aliphatic heterocycles. The number of carbonyl (C=O) groups is 2. The first-order valence-corrected chi connectivity index (χ1v) is 5.53. The lowest BCUT2D eigenvalue weighted by Gasteiger charge is -2.11. The summed E-state index contributed by atoms with van der Waals surface area (Å²) in [5.41, 5.74) is 0. The molecule has 2 N–H and O–H groups in total. The quantitative estimate of drug-likeness (QED) is 0.581. The monoisotopic (exact) mass is 231 g/mol. The second kappa shape index (κ2) is 9.15. The number of carbonyl (C=O) groups excluding carboxylic acids is 1. The van der Waals surface area contributed by atoms with E-state index < -0.39 is 5.97 Å². The first-order valence-electron chi connectivity index (χ1n) is 5.53. The van der Waals surface area contributed by atoms with Crippen molar-refractivity contribution < 1.29 is 19.4 Å². The molecule has 0 saturated heterocycles. The molecule has 0 saturated carbocycles. The van der Waals surface area contributed by atoms with Gasteiger partial charge in [0.25, 0.3) is 0 Å². The Bertz CT molecular complexity index is 218. The van der Waals surface area contributed by atoms with E-state index in [9.17, 15) is 9.59 Å². The highest BCUT2D eigenvalue weighted by molar-refractivity contribution is 5.75. The standard InChI is InChI=1S/C11H21NO4/c1-9(8-16-2)7-12-10(13)5-3-4-6-11(14)15/h9H,3-8H2,1-2H3,(H,12,13)(H,14,15). The number of hydrogen-bond donors (Lipinski definition) is 2. The van der Waals surface area contributed by atoms with Crippen molar-refractivity contribution in [3.8, 4) is 0 Å². The molecule has 5 heteroatoms. The van der Waals surface area contributed by atoms with E-state index in [-0.39, 0.29) is 12.3 Å². The number of methoxy groups -OCH3 is 1. The number of carboxylic acids is 1. The van der Waals surface area contributed by atoms with Crippen LogP contribution in [0, 0.1) is 5.92 Å². The Morgan fingerprint density at radius 1 is 1.31 bits per heavy atom. The van der Waals surface area contributed by atoms with E-state index in [2.05, 4.69) is 5.32 Å². The highest BCUT2D eigenvalue weighted by Crippen LogP contribution is 2.00. The van der Waals surface area contributed by atoms with Crippen LogP contribution in [-0.4, -0.2) is 37.2 Å². The Morgan fingerprint density at radius 3 is 2.50 bits per heavy atom. The molecule has 0 rings (SSSR count). The van der Waals surface area contributed by atoms with Gasteiger partial charge in [0, 0.05) is 26.5 Å². The van der Waals surface area contributed by atoms with Gasteiger partial charge in [-0.2, -0.15) is 0 Å². The van der Waals surface area contributed by atoms with E-state index in [4.69, 9.17) is 9.84 Å². The first-order chi connectivity index (χ1) is 7.56. The van der Waals surface area contributed by atoms with Crippen LogP contribution >= 0.6 is 0 Å². The molecule has 0 aromatic heterocycles. The van der Waals surface area contributed by atoms with E-state index in [1.54, 1.807) is 7.11 Å². The first kappa shape index (κ1) is 14.9. The Balaban J connectivity index is 3.41. The number of carboxylic acid groups (broad SMARTS) is 1. The number of amides is 1. The van der Waals surface area contributed by atoms with Gasteiger partial charge in [0.2, 0.25) is 5.91 Å². The minimum atomic E-state index is -0.811. The molecule has 0 aliphatic carbocycles. The van der Waals surface area contributed by atoms with Crippen LogP contribution < -0.4 is 5.32 Å². The molecule has 0 aliphatic rings. The molecule has 94 valence electrons. The van der Waals surface area contributed by atoms with E-state index >= 15 is 0 Å². The van der Waals surface area contributed by atoms with Crippen molar-refractivity contribution in [3.63, 3.8) is 0 Å². The summed E-state index contributed by atoms with van der Waals surface area (Å²) in [4.78, 5) is 21.5. The molecule has 0 heterocycles. The SMILES string of the molecule is COCC(C)CNC(=O)CCCCC(=O)O. The maximum absolute atomic E-state index is 11.3. The third-order valence-electron chi connectivity index (χ3n) is 2.14. The molecular weight excluding hydrogens is 210 g/mol. The Morgan fingerprint density at radius 2 is 1.94 bits per heavy atom. The molecule has 5 nitrogen and oxygen atoms in total. The van der Waals surface area contributed by atoms with Crippen molar-refractivity contribution in [1.82, 2.24) is 5.32 Å². The van der Waals surface area contributed by atoms with E-state index in [0.717, 1.165) is 0 Å². The van der Waals surface area contributed by atoms with Gasteiger partial charge in [-0.1, -0.05) is 6.92 Å². The van der Waals surface area contributed by atoms with Crippen molar-refractivity contribution >= 4 is 11.9 Å². The van der Waals surface area contributed by atoms with Gasteiger partial charge in [-0.3, -0.25) is 9.59 Å². The van der Waals surface area contributed by atoms with Crippen LogP contribution in [0.2, 0.25) is 0 Å². The third-order valence-corrected chi connectivity index (χ3v) is 2.14. The lowest BCUT2D eigenvalue weighted by atomic mass is 10.1. The molecule has 0 fully saturated rings. The van der Waals surface area contributed by atoms with Gasteiger partial charge >= 0.3 is 5.97 Å². The smallest absolute Gasteiger partial charge is 0.303 e. The lowest BCUT2D eigenvalue weighted by molar-refractivity contribution is -0.137. The van der Waals surface area contributed by atoms with Crippen molar-refractivity contribution in [2.45, 2.75) is 32.6 Å². The van der Waals surface area contributed by atoms with Crippen molar-refractivity contribution in [3.05, 3.63) is 0 Å². The summed E-state index contributed by atoms with van der Waals surface area (Å²) in [6.07, 6.45) is 1.70. The van der Waals surface area contributed by atoms with Crippen LogP contribution in [0.5, 0.6) is 0 Å². The number of ether oxygens (including phenoxy) is 1. The van der Waals surface area contributed by atoms with Crippen LogP contribution in [0.3, 0.4) is 0 Å². The summed E-state index contributed by atoms with van der Waals surface area (Å²) in [5, 5.41) is 11.2. The maximum Gasteiger partial charge on any atom is 0.303 e. The Kier molecular flexibility index (Phi) is 8.52. The maximum atomic E-state index is 11.3. The minimum Gasteiger partial charge on any atom is -0.481 e. The highest BCUT2D eigenvalue weighted by atomic mass is 16.5. The van der Waals surface area contributed by atoms with Crippen LogP contribution in [0.4, 0.5) is 0 Å². The molecular formula is C11H21NO4. The number of unbranched alkanes of at least 4 members (excludes halogenated alkanes) is 1. The van der Waals surface area contributed by atoms with Crippen molar-refractivity contribution in [1.29, 1.82) is 0 Å². The molecule has 16 heavy (non-hydrogen) atoms. The number of aliphatic carboxylic acids is 1. The van der Waals surface area contributed by atoms with Gasteiger partial charge in [0.05, 0.1) is 6.61 Å². The summed E-state index contributed by atoms with van der Waals surface area (Å²) >= 11 is 0. The van der Waals surface area contributed by atoms with Crippen LogP contribution in [-0.2, 0) is 14.3 Å². The zero-order chi connectivity index (χ0) is 12.4. The second-order valence-corrected chi connectivity index (χ2v) is 3.97. The third kappa shape index (κ3) is 9.45. The summed E-state index contributed by atoms with van der Waals surface area (Å²) in [6.45, 7) is 3.22. The lowest BCUT2D eigenvalue weighted by Crippen LogP contribution is -2.29. The predicted octanol–water partition coefficient (Wildman–Crippen LogP) is 1.03. The molecule has 0 radical (unpaired) electrons. The summed E-state index contributed by atoms with van der Waals surface area (Å²) < 4.78 is 4.94. The fourth-order valence-electron chi connectivity index (χ4n) is 1.28. The van der Waals surface area contributed by atoms with Crippen molar-refractivity contribution in [2.24, 2.45) is 5.92 Å². The highest BCUT2D eigenvalue weighted by Gasteiger charge is 2.05. The van der Waals surface area contributed by atoms with Gasteiger partial charge in [0.1, 0.15) is 0 Å². The average molecular weight is 231 g/mol. The van der Waals surface area contributed by atoms with Gasteiger partial charge in [-0.15, -0.1) is 0 Å². The molecule has 0 aromatic rings. The minimum absolute atomic E-state index is 0.0201.